The van der Waals surface area contributed by atoms with Crippen molar-refractivity contribution in [1.29, 1.82) is 0 Å². The smallest absolute Gasteiger partial charge is 0.257 e. The SMILES string of the molecule is CC/C(=C\c1cc(C(=O)Nc2cc(C(=O)NCCN3CCCC3)ccc2F)cnc1C)c1cnn(C)c1.CP. The average Bonchev–Trinajstić information content (AvgIpc) is 3.62. The van der Waals surface area contributed by atoms with E-state index in [9.17, 15) is 14.0 Å². The number of aryl methyl sites for hydroxylation is 2. The number of carbonyl (C=O) groups is 2. The zero-order valence-electron chi connectivity index (χ0n) is 23.1. The van der Waals surface area contributed by atoms with Gasteiger partial charge in [0.15, 0.2) is 0 Å². The summed E-state index contributed by atoms with van der Waals surface area (Å²) in [6.07, 6.45) is 10.3. The van der Waals surface area contributed by atoms with E-state index in [1.54, 1.807) is 16.9 Å². The summed E-state index contributed by atoms with van der Waals surface area (Å²) in [5, 5.41) is 9.70. The number of halogens is 1. The van der Waals surface area contributed by atoms with E-state index in [4.69, 9.17) is 0 Å². The molecule has 1 aromatic carbocycles. The lowest BCUT2D eigenvalue weighted by Gasteiger charge is -2.15. The maximum absolute atomic E-state index is 14.5. The Morgan fingerprint density at radius 1 is 1.08 bits per heavy atom. The average molecular weight is 553 g/mol. The number of hydrogen-bond donors (Lipinski definition) is 2. The second-order valence-corrected chi connectivity index (χ2v) is 9.28. The summed E-state index contributed by atoms with van der Waals surface area (Å²) in [6, 6.07) is 5.69. The lowest BCUT2D eigenvalue weighted by molar-refractivity contribution is 0.0948. The molecule has 1 aliphatic heterocycles. The van der Waals surface area contributed by atoms with Crippen LogP contribution in [0.5, 0.6) is 0 Å². The molecule has 0 aliphatic carbocycles. The molecule has 1 fully saturated rings. The molecule has 0 spiro atoms. The number of likely N-dealkylation sites (tertiary alicyclic amines) is 1. The fraction of sp³-hybridized carbons (Fsp3) is 0.379. The molecule has 0 bridgehead atoms. The number of pyridine rings is 1. The predicted octanol–water partition coefficient (Wildman–Crippen LogP) is 4.78. The van der Waals surface area contributed by atoms with Crippen molar-refractivity contribution in [3.8, 4) is 0 Å². The number of hydrogen-bond acceptors (Lipinski definition) is 5. The van der Waals surface area contributed by atoms with E-state index in [-0.39, 0.29) is 17.2 Å². The van der Waals surface area contributed by atoms with Crippen LogP contribution in [0.2, 0.25) is 0 Å². The second kappa shape index (κ2) is 14.7. The Kier molecular flexibility index (Phi) is 11.3. The Morgan fingerprint density at radius 2 is 1.82 bits per heavy atom. The van der Waals surface area contributed by atoms with Crippen molar-refractivity contribution in [1.82, 2.24) is 25.0 Å². The van der Waals surface area contributed by atoms with E-state index >= 15 is 0 Å². The summed E-state index contributed by atoms with van der Waals surface area (Å²) in [5.74, 6) is -1.43. The number of allylic oxidation sites excluding steroid dienone is 1. The zero-order valence-corrected chi connectivity index (χ0v) is 24.3. The molecule has 10 heteroatoms. The maximum Gasteiger partial charge on any atom is 0.257 e. The third-order valence-electron chi connectivity index (χ3n) is 6.56. The van der Waals surface area contributed by atoms with Crippen LogP contribution in [0, 0.1) is 12.7 Å². The quantitative estimate of drug-likeness (QED) is 0.373. The van der Waals surface area contributed by atoms with Crippen LogP contribution in [0.3, 0.4) is 0 Å². The first-order valence-electron chi connectivity index (χ1n) is 13.2. The molecule has 39 heavy (non-hydrogen) atoms. The van der Waals surface area contributed by atoms with Crippen molar-refractivity contribution in [3.63, 3.8) is 0 Å². The Morgan fingerprint density at radius 3 is 2.49 bits per heavy atom. The monoisotopic (exact) mass is 552 g/mol. The van der Waals surface area contributed by atoms with Gasteiger partial charge in [-0.3, -0.25) is 19.3 Å². The predicted molar refractivity (Wildman–Crippen MR) is 158 cm³/mol. The van der Waals surface area contributed by atoms with Crippen molar-refractivity contribution in [3.05, 3.63) is 76.6 Å². The first-order chi connectivity index (χ1) is 18.8. The largest absolute Gasteiger partial charge is 0.351 e. The van der Waals surface area contributed by atoms with E-state index < -0.39 is 11.7 Å². The minimum Gasteiger partial charge on any atom is -0.351 e. The molecular weight excluding hydrogens is 514 g/mol. The molecule has 0 radical (unpaired) electrons. The van der Waals surface area contributed by atoms with Crippen LogP contribution in [-0.4, -0.2) is 64.3 Å². The first kappa shape index (κ1) is 30.1. The number of nitrogens with one attached hydrogen (secondary N) is 2. The van der Waals surface area contributed by atoms with Crippen LogP contribution in [0.1, 0.15) is 63.7 Å². The maximum atomic E-state index is 14.5. The molecule has 2 amide bonds. The van der Waals surface area contributed by atoms with Crippen LogP contribution in [0.4, 0.5) is 10.1 Å². The molecule has 1 aliphatic rings. The molecule has 3 aromatic rings. The van der Waals surface area contributed by atoms with Gasteiger partial charge in [0.2, 0.25) is 0 Å². The number of anilines is 1. The summed E-state index contributed by atoms with van der Waals surface area (Å²) in [4.78, 5) is 32.3. The Bertz CT molecular complexity index is 1320. The highest BCUT2D eigenvalue weighted by Gasteiger charge is 2.16. The number of benzene rings is 1. The topological polar surface area (TPSA) is 92.2 Å². The summed E-state index contributed by atoms with van der Waals surface area (Å²) in [7, 11) is 4.28. The molecular formula is C29H38FN6O2P. The van der Waals surface area contributed by atoms with Gasteiger partial charge in [0.05, 0.1) is 17.4 Å². The Balaban J connectivity index is 0.00000205. The molecule has 1 saturated heterocycles. The molecule has 1 atom stereocenters. The van der Waals surface area contributed by atoms with Crippen molar-refractivity contribution < 1.29 is 14.0 Å². The van der Waals surface area contributed by atoms with Crippen LogP contribution < -0.4 is 10.6 Å². The number of aromatic nitrogens is 3. The normalized spacial score (nSPS) is 13.5. The molecule has 208 valence electrons. The van der Waals surface area contributed by atoms with Gasteiger partial charge in [0.25, 0.3) is 11.8 Å². The number of carbonyl (C=O) groups excluding carboxylic acids is 2. The van der Waals surface area contributed by atoms with Crippen LogP contribution >= 0.6 is 9.24 Å². The number of rotatable bonds is 9. The molecule has 2 aromatic heterocycles. The lowest BCUT2D eigenvalue weighted by atomic mass is 10.0. The highest BCUT2D eigenvalue weighted by atomic mass is 31.0. The minimum absolute atomic E-state index is 0.0560. The molecule has 0 saturated carbocycles. The van der Waals surface area contributed by atoms with Crippen molar-refractivity contribution in [2.75, 3.05) is 38.2 Å². The van der Waals surface area contributed by atoms with Crippen LogP contribution in [-0.2, 0) is 7.05 Å². The molecule has 3 heterocycles. The van der Waals surface area contributed by atoms with E-state index in [1.165, 1.54) is 37.2 Å². The minimum atomic E-state index is -0.619. The van der Waals surface area contributed by atoms with Gasteiger partial charge in [-0.1, -0.05) is 13.6 Å². The van der Waals surface area contributed by atoms with Crippen molar-refractivity contribution in [2.45, 2.75) is 33.1 Å². The Hall–Kier alpha value is -3.42. The number of nitrogens with zero attached hydrogens (tertiary/aromatic N) is 4. The zero-order chi connectivity index (χ0) is 28.4. The number of amides is 2. The molecule has 8 nitrogen and oxygen atoms in total. The highest BCUT2D eigenvalue weighted by Crippen LogP contribution is 2.23. The van der Waals surface area contributed by atoms with Gasteiger partial charge in [0, 0.05) is 49.4 Å². The third kappa shape index (κ3) is 8.28. The van der Waals surface area contributed by atoms with Gasteiger partial charge in [-0.25, -0.2) is 4.39 Å². The summed E-state index contributed by atoms with van der Waals surface area (Å²) in [5.41, 5.74) is 4.14. The molecule has 1 unspecified atom stereocenters. The molecule has 2 N–H and O–H groups in total. The fourth-order valence-electron chi connectivity index (χ4n) is 4.38. The van der Waals surface area contributed by atoms with Gasteiger partial charge in [-0.15, -0.1) is 9.24 Å². The van der Waals surface area contributed by atoms with Crippen LogP contribution in [0.25, 0.3) is 11.6 Å². The van der Waals surface area contributed by atoms with Crippen molar-refractivity contribution >= 4 is 38.4 Å². The van der Waals surface area contributed by atoms with E-state index in [2.05, 4.69) is 41.8 Å². The van der Waals surface area contributed by atoms with E-state index in [0.29, 0.717) is 12.1 Å². The van der Waals surface area contributed by atoms with E-state index in [0.717, 1.165) is 48.4 Å². The van der Waals surface area contributed by atoms with Gasteiger partial charge >= 0.3 is 0 Å². The van der Waals surface area contributed by atoms with Crippen molar-refractivity contribution in [2.24, 2.45) is 7.05 Å². The fourth-order valence-corrected chi connectivity index (χ4v) is 4.38. The summed E-state index contributed by atoms with van der Waals surface area (Å²) < 4.78 is 16.3. The second-order valence-electron chi connectivity index (χ2n) is 9.28. The standard InChI is InChI=1S/C28H33FN6O2.CH5P/c1-4-20(24-17-32-34(3)18-24)13-22-14-23(16-31-19(22)2)28(37)33-26-15-21(7-8-25(26)29)27(36)30-9-12-35-10-5-6-11-35;1-2/h7-8,13-18H,4-6,9-12H2,1-3H3,(H,30,36)(H,33,37);2H2,1H3/b20-13+;. The van der Waals surface area contributed by atoms with Gasteiger partial charge in [-0.2, -0.15) is 5.10 Å². The highest BCUT2D eigenvalue weighted by molar-refractivity contribution is 7.15. The van der Waals surface area contributed by atoms with Gasteiger partial charge < -0.3 is 15.5 Å². The lowest BCUT2D eigenvalue weighted by Crippen LogP contribution is -2.33. The van der Waals surface area contributed by atoms with E-state index in [1.807, 2.05) is 32.9 Å². The summed E-state index contributed by atoms with van der Waals surface area (Å²) >= 11 is 0. The summed E-state index contributed by atoms with van der Waals surface area (Å²) in [6.45, 7) is 9.25. The third-order valence-corrected chi connectivity index (χ3v) is 6.56. The first-order valence-corrected chi connectivity index (χ1v) is 14.3. The van der Waals surface area contributed by atoms with Gasteiger partial charge in [0.1, 0.15) is 5.82 Å². The van der Waals surface area contributed by atoms with Crippen LogP contribution in [0.15, 0.2) is 42.9 Å². The van der Waals surface area contributed by atoms with Gasteiger partial charge in [-0.05, 0) is 80.8 Å². The molecule has 4 rings (SSSR count). The Labute approximate surface area is 232 Å².